The third-order valence-electron chi connectivity index (χ3n) is 5.51. The summed E-state index contributed by atoms with van der Waals surface area (Å²) in [6, 6.07) is 4.88. The fourth-order valence-electron chi connectivity index (χ4n) is 3.55. The van der Waals surface area contributed by atoms with Crippen LogP contribution < -0.4 is 15.5 Å². The van der Waals surface area contributed by atoms with E-state index in [0.717, 1.165) is 64.6 Å². The average molecular weight is 379 g/mol. The predicted octanol–water partition coefficient (Wildman–Crippen LogP) is 3.48. The molecule has 3 rings (SSSR count). The molecule has 2 fully saturated rings. The van der Waals surface area contributed by atoms with Crippen LogP contribution >= 0.6 is 11.3 Å². The second-order valence-corrected chi connectivity index (χ2v) is 8.43. The minimum atomic E-state index is 0.403. The number of piperidine rings is 1. The van der Waals surface area contributed by atoms with Crippen molar-refractivity contribution in [1.82, 2.24) is 10.6 Å². The fraction of sp³-hybridized carbons (Fsp3) is 0.750. The number of hydrogen-bond acceptors (Lipinski definition) is 4. The van der Waals surface area contributed by atoms with Gasteiger partial charge in [0, 0.05) is 45.4 Å². The average Bonchev–Trinajstić information content (AvgIpc) is 3.21. The highest BCUT2D eigenvalue weighted by atomic mass is 32.1. The van der Waals surface area contributed by atoms with E-state index in [1.165, 1.54) is 17.8 Å². The van der Waals surface area contributed by atoms with E-state index in [1.54, 1.807) is 0 Å². The molecule has 1 aromatic rings. The Kier molecular flexibility index (Phi) is 7.20. The van der Waals surface area contributed by atoms with Gasteiger partial charge in [0.25, 0.3) is 0 Å². The molecule has 146 valence electrons. The first-order valence-corrected chi connectivity index (χ1v) is 11.0. The molecule has 2 heterocycles. The van der Waals surface area contributed by atoms with Gasteiger partial charge in [-0.3, -0.25) is 4.99 Å². The molecular weight excluding hydrogens is 344 g/mol. The third kappa shape index (κ3) is 5.61. The van der Waals surface area contributed by atoms with Gasteiger partial charge < -0.3 is 20.3 Å². The second-order valence-electron chi connectivity index (χ2n) is 7.50. The minimum Gasteiger partial charge on any atom is -0.382 e. The highest BCUT2D eigenvalue weighted by molar-refractivity contribution is 7.14. The Morgan fingerprint density at radius 2 is 2.15 bits per heavy atom. The van der Waals surface area contributed by atoms with Crippen molar-refractivity contribution in [3.05, 3.63) is 17.5 Å². The van der Waals surface area contributed by atoms with Crippen LogP contribution in [0.25, 0.3) is 0 Å². The van der Waals surface area contributed by atoms with Gasteiger partial charge in [0.15, 0.2) is 5.96 Å². The van der Waals surface area contributed by atoms with Gasteiger partial charge in [-0.15, -0.1) is 11.3 Å². The fourth-order valence-corrected chi connectivity index (χ4v) is 4.34. The zero-order valence-electron chi connectivity index (χ0n) is 16.3. The zero-order valence-corrected chi connectivity index (χ0v) is 17.1. The molecule has 1 saturated heterocycles. The van der Waals surface area contributed by atoms with Gasteiger partial charge in [-0.05, 0) is 68.9 Å². The Balaban J connectivity index is 1.46. The van der Waals surface area contributed by atoms with Gasteiger partial charge in [-0.2, -0.15) is 0 Å². The molecule has 0 spiro atoms. The van der Waals surface area contributed by atoms with Crippen LogP contribution in [-0.2, 0) is 4.74 Å². The predicted molar refractivity (Wildman–Crippen MR) is 111 cm³/mol. The lowest BCUT2D eigenvalue weighted by Gasteiger charge is -2.33. The summed E-state index contributed by atoms with van der Waals surface area (Å²) in [5, 5.41) is 10.7. The third-order valence-corrected chi connectivity index (χ3v) is 6.44. The maximum Gasteiger partial charge on any atom is 0.191 e. The summed E-state index contributed by atoms with van der Waals surface area (Å²) in [6.07, 6.45) is 6.06. The standard InChI is InChI=1S/C20H34N4OS/c1-3-21-19(22-16-20(9-10-20)11-14-25-4-2)23-17-7-12-24(13-8-17)18-6-5-15-26-18/h5-6,15,17H,3-4,7-14,16H2,1-2H3,(H2,21,22,23). The minimum absolute atomic E-state index is 0.403. The quantitative estimate of drug-likeness (QED) is 0.392. The molecule has 0 aromatic carbocycles. The first-order valence-electron chi connectivity index (χ1n) is 10.2. The molecule has 2 N–H and O–H groups in total. The number of hydrogen-bond donors (Lipinski definition) is 2. The van der Waals surface area contributed by atoms with E-state index in [2.05, 4.69) is 46.9 Å². The summed E-state index contributed by atoms with van der Waals surface area (Å²) in [6.45, 7) is 9.96. The van der Waals surface area contributed by atoms with E-state index >= 15 is 0 Å². The Labute approximate surface area is 162 Å². The van der Waals surface area contributed by atoms with Gasteiger partial charge in [-0.25, -0.2) is 0 Å². The first kappa shape index (κ1) is 19.5. The molecule has 5 nitrogen and oxygen atoms in total. The summed E-state index contributed by atoms with van der Waals surface area (Å²) < 4.78 is 5.54. The summed E-state index contributed by atoms with van der Waals surface area (Å²) in [5.41, 5.74) is 0.403. The molecule has 1 saturated carbocycles. The van der Waals surface area contributed by atoms with E-state index in [4.69, 9.17) is 9.73 Å². The number of nitrogens with one attached hydrogen (secondary N) is 2. The zero-order chi connectivity index (χ0) is 18.2. The van der Waals surface area contributed by atoms with Gasteiger partial charge in [0.2, 0.25) is 0 Å². The van der Waals surface area contributed by atoms with Gasteiger partial charge >= 0.3 is 0 Å². The highest BCUT2D eigenvalue weighted by Crippen LogP contribution is 2.49. The molecule has 6 heteroatoms. The van der Waals surface area contributed by atoms with Crippen LogP contribution in [-0.4, -0.2) is 51.4 Å². The molecule has 26 heavy (non-hydrogen) atoms. The summed E-state index contributed by atoms with van der Waals surface area (Å²) >= 11 is 1.84. The smallest absolute Gasteiger partial charge is 0.191 e. The van der Waals surface area contributed by atoms with Crippen molar-refractivity contribution in [1.29, 1.82) is 0 Å². The number of thiophene rings is 1. The SMILES string of the molecule is CCNC(=NCC1(CCOCC)CC1)NC1CCN(c2cccs2)CC1. The normalized spacial score (nSPS) is 20.2. The molecule has 0 atom stereocenters. The number of rotatable bonds is 9. The summed E-state index contributed by atoms with van der Waals surface area (Å²) in [4.78, 5) is 7.42. The highest BCUT2D eigenvalue weighted by Gasteiger charge is 2.42. The van der Waals surface area contributed by atoms with E-state index in [-0.39, 0.29) is 0 Å². The lowest BCUT2D eigenvalue weighted by molar-refractivity contribution is 0.129. The summed E-state index contributed by atoms with van der Waals surface area (Å²) in [5.74, 6) is 0.991. The van der Waals surface area contributed by atoms with Crippen LogP contribution in [0.5, 0.6) is 0 Å². The number of ether oxygens (including phenoxy) is 1. The second kappa shape index (κ2) is 9.60. The molecule has 0 bridgehead atoms. The van der Waals surface area contributed by atoms with Gasteiger partial charge in [0.1, 0.15) is 0 Å². The molecule has 0 unspecified atom stereocenters. The van der Waals surface area contributed by atoms with Crippen LogP contribution in [0.3, 0.4) is 0 Å². The van der Waals surface area contributed by atoms with Crippen molar-refractivity contribution in [2.45, 2.75) is 52.0 Å². The molecule has 0 radical (unpaired) electrons. The number of guanidine groups is 1. The number of aliphatic imine (C=N–C) groups is 1. The van der Waals surface area contributed by atoms with Crippen molar-refractivity contribution in [2.75, 3.05) is 44.3 Å². The van der Waals surface area contributed by atoms with E-state index in [9.17, 15) is 0 Å². The van der Waals surface area contributed by atoms with Crippen LogP contribution in [0.1, 0.15) is 46.0 Å². The molecule has 1 aliphatic carbocycles. The molecule has 0 amide bonds. The first-order chi connectivity index (χ1) is 12.7. The van der Waals surface area contributed by atoms with Crippen molar-refractivity contribution < 1.29 is 4.74 Å². The molecule has 1 aromatic heterocycles. The van der Waals surface area contributed by atoms with Crippen molar-refractivity contribution in [3.63, 3.8) is 0 Å². The lowest BCUT2D eigenvalue weighted by Crippen LogP contribution is -2.48. The van der Waals surface area contributed by atoms with E-state index < -0.39 is 0 Å². The Bertz CT molecular complexity index is 548. The number of nitrogens with zero attached hydrogens (tertiary/aromatic N) is 2. The Morgan fingerprint density at radius 1 is 1.35 bits per heavy atom. The van der Waals surface area contributed by atoms with Crippen LogP contribution in [0, 0.1) is 5.41 Å². The van der Waals surface area contributed by atoms with Gasteiger partial charge in [0.05, 0.1) is 5.00 Å². The molecular formula is C20H34N4OS. The van der Waals surface area contributed by atoms with Crippen LogP contribution in [0.2, 0.25) is 0 Å². The van der Waals surface area contributed by atoms with Crippen molar-refractivity contribution >= 4 is 22.3 Å². The number of anilines is 1. The summed E-state index contributed by atoms with van der Waals surface area (Å²) in [7, 11) is 0. The maximum atomic E-state index is 5.54. The topological polar surface area (TPSA) is 48.9 Å². The van der Waals surface area contributed by atoms with E-state index in [1.807, 2.05) is 11.3 Å². The molecule has 1 aliphatic heterocycles. The van der Waals surface area contributed by atoms with E-state index in [0.29, 0.717) is 11.5 Å². The van der Waals surface area contributed by atoms with Crippen LogP contribution in [0.4, 0.5) is 5.00 Å². The largest absolute Gasteiger partial charge is 0.382 e. The Morgan fingerprint density at radius 3 is 2.77 bits per heavy atom. The van der Waals surface area contributed by atoms with Gasteiger partial charge in [-0.1, -0.05) is 0 Å². The van der Waals surface area contributed by atoms with Crippen LogP contribution in [0.15, 0.2) is 22.5 Å². The Hall–Kier alpha value is -1.27. The lowest BCUT2D eigenvalue weighted by atomic mass is 10.0. The monoisotopic (exact) mass is 378 g/mol. The maximum absolute atomic E-state index is 5.54. The van der Waals surface area contributed by atoms with Crippen molar-refractivity contribution in [3.8, 4) is 0 Å². The van der Waals surface area contributed by atoms with Crippen molar-refractivity contribution in [2.24, 2.45) is 10.4 Å². The molecule has 2 aliphatic rings.